The number of H-pyrrole nitrogens is 1. The molecule has 7 nitrogen and oxygen atoms in total. The number of nitrogens with one attached hydrogen (secondary N) is 2. The molecule has 0 radical (unpaired) electrons. The lowest BCUT2D eigenvalue weighted by Gasteiger charge is -2.08. The molecule has 2 N–H and O–H groups in total. The predicted octanol–water partition coefficient (Wildman–Crippen LogP) is 4.89. The van der Waals surface area contributed by atoms with Crippen LogP contribution in [0.25, 0.3) is 23.1 Å². The van der Waals surface area contributed by atoms with E-state index in [1.54, 1.807) is 6.07 Å². The van der Waals surface area contributed by atoms with Gasteiger partial charge in [0.2, 0.25) is 0 Å². The number of carbonyl (C=O) groups excluding carboxylic acids is 1. The number of benzene rings is 3. The van der Waals surface area contributed by atoms with E-state index >= 15 is 0 Å². The molecule has 1 amide bonds. The molecule has 4 rings (SSSR count). The summed E-state index contributed by atoms with van der Waals surface area (Å²) in [5.41, 5.74) is 3.48. The highest BCUT2D eigenvalue weighted by Crippen LogP contribution is 2.22. The summed E-state index contributed by atoms with van der Waals surface area (Å²) >= 11 is 0. The van der Waals surface area contributed by atoms with Crippen LogP contribution in [0.3, 0.4) is 0 Å². The van der Waals surface area contributed by atoms with E-state index in [-0.39, 0.29) is 11.6 Å². The summed E-state index contributed by atoms with van der Waals surface area (Å²) in [6, 6.07) is 20.7. The number of nitro groups is 1. The van der Waals surface area contributed by atoms with E-state index in [0.29, 0.717) is 11.3 Å². The number of fused-ring (bicyclic) bond motifs is 1. The van der Waals surface area contributed by atoms with Crippen LogP contribution in [-0.2, 0) is 0 Å². The van der Waals surface area contributed by atoms with E-state index in [9.17, 15) is 14.9 Å². The normalized spacial score (nSPS) is 11.0. The summed E-state index contributed by atoms with van der Waals surface area (Å²) in [5, 5.41) is 21.9. The first-order chi connectivity index (χ1) is 14.1. The SMILES string of the molecule is O=C(Nc1ccccc1/C=C/c1n[nH]c2ccccc12)c1ccc([N+](=O)[O-])cc1. The third kappa shape index (κ3) is 3.89. The number of hydrogen-bond acceptors (Lipinski definition) is 4. The van der Waals surface area contributed by atoms with Crippen LogP contribution in [0.4, 0.5) is 11.4 Å². The van der Waals surface area contributed by atoms with Gasteiger partial charge in [0.25, 0.3) is 11.6 Å². The topological polar surface area (TPSA) is 101 Å². The summed E-state index contributed by atoms with van der Waals surface area (Å²) < 4.78 is 0. The molecule has 0 aliphatic rings. The van der Waals surface area contributed by atoms with Gasteiger partial charge in [0.15, 0.2) is 0 Å². The van der Waals surface area contributed by atoms with Gasteiger partial charge in [-0.1, -0.05) is 42.5 Å². The van der Waals surface area contributed by atoms with Crippen LogP contribution in [0, 0.1) is 10.1 Å². The Morgan fingerprint density at radius 2 is 1.69 bits per heavy atom. The Labute approximate surface area is 165 Å². The van der Waals surface area contributed by atoms with Crippen molar-refractivity contribution in [3.63, 3.8) is 0 Å². The molecule has 0 bridgehead atoms. The molecule has 0 aliphatic carbocycles. The number of anilines is 1. The first kappa shape index (κ1) is 18.1. The molecule has 0 saturated heterocycles. The number of hydrogen-bond donors (Lipinski definition) is 2. The number of para-hydroxylation sites is 2. The molecule has 142 valence electrons. The molecule has 0 fully saturated rings. The number of carbonyl (C=O) groups is 1. The van der Waals surface area contributed by atoms with Crippen LogP contribution in [0.5, 0.6) is 0 Å². The van der Waals surface area contributed by atoms with Gasteiger partial charge in [-0.2, -0.15) is 5.10 Å². The molecule has 0 aliphatic heterocycles. The van der Waals surface area contributed by atoms with Crippen molar-refractivity contribution in [2.45, 2.75) is 0 Å². The maximum Gasteiger partial charge on any atom is 0.269 e. The largest absolute Gasteiger partial charge is 0.321 e. The van der Waals surface area contributed by atoms with Crippen LogP contribution in [0.2, 0.25) is 0 Å². The fraction of sp³-hybridized carbons (Fsp3) is 0. The lowest BCUT2D eigenvalue weighted by molar-refractivity contribution is -0.384. The second kappa shape index (κ2) is 7.77. The zero-order valence-corrected chi connectivity index (χ0v) is 15.2. The van der Waals surface area contributed by atoms with Gasteiger partial charge in [-0.25, -0.2) is 0 Å². The zero-order valence-electron chi connectivity index (χ0n) is 15.2. The molecule has 1 aromatic heterocycles. The number of nitro benzene ring substituents is 1. The van der Waals surface area contributed by atoms with Gasteiger partial charge in [0.1, 0.15) is 0 Å². The third-order valence-corrected chi connectivity index (χ3v) is 4.47. The number of aromatic nitrogens is 2. The third-order valence-electron chi connectivity index (χ3n) is 4.47. The van der Waals surface area contributed by atoms with Crippen molar-refractivity contribution in [2.24, 2.45) is 0 Å². The fourth-order valence-electron chi connectivity index (χ4n) is 2.97. The first-order valence-electron chi connectivity index (χ1n) is 8.88. The van der Waals surface area contributed by atoms with E-state index < -0.39 is 4.92 Å². The quantitative estimate of drug-likeness (QED) is 0.378. The van der Waals surface area contributed by atoms with Crippen molar-refractivity contribution in [3.8, 4) is 0 Å². The summed E-state index contributed by atoms with van der Waals surface area (Å²) in [4.78, 5) is 22.8. The Morgan fingerprint density at radius 3 is 2.48 bits per heavy atom. The maximum atomic E-state index is 12.5. The number of rotatable bonds is 5. The Morgan fingerprint density at radius 1 is 0.966 bits per heavy atom. The minimum Gasteiger partial charge on any atom is -0.321 e. The predicted molar refractivity (Wildman–Crippen MR) is 113 cm³/mol. The molecular formula is C22H16N4O3. The summed E-state index contributed by atoms with van der Waals surface area (Å²) in [6.45, 7) is 0. The molecule has 0 spiro atoms. The molecule has 1 heterocycles. The summed E-state index contributed by atoms with van der Waals surface area (Å²) in [6.07, 6.45) is 3.77. The van der Waals surface area contributed by atoms with E-state index in [0.717, 1.165) is 22.2 Å². The second-order valence-corrected chi connectivity index (χ2v) is 6.33. The fourth-order valence-corrected chi connectivity index (χ4v) is 2.97. The average molecular weight is 384 g/mol. The molecule has 7 heteroatoms. The lowest BCUT2D eigenvalue weighted by Crippen LogP contribution is -2.12. The van der Waals surface area contributed by atoms with E-state index in [2.05, 4.69) is 15.5 Å². The van der Waals surface area contributed by atoms with Crippen LogP contribution in [-0.4, -0.2) is 21.0 Å². The Bertz CT molecular complexity index is 1230. The molecule has 3 aromatic carbocycles. The molecule has 29 heavy (non-hydrogen) atoms. The van der Waals surface area contributed by atoms with Gasteiger partial charge in [0, 0.05) is 28.8 Å². The molecule has 4 aromatic rings. The van der Waals surface area contributed by atoms with E-state index in [1.807, 2.05) is 54.6 Å². The standard InChI is InChI=1S/C22H16N4O3/c27-22(16-9-12-17(13-10-16)26(28)29)23-19-7-3-1-5-15(19)11-14-21-18-6-2-4-8-20(18)24-25-21/h1-14H,(H,23,27)(H,24,25)/b14-11+. The smallest absolute Gasteiger partial charge is 0.269 e. The number of non-ortho nitro benzene ring substituents is 1. The monoisotopic (exact) mass is 384 g/mol. The van der Waals surface area contributed by atoms with Gasteiger partial charge in [-0.3, -0.25) is 20.0 Å². The van der Waals surface area contributed by atoms with E-state index in [4.69, 9.17) is 0 Å². The minimum absolute atomic E-state index is 0.0592. The molecule has 0 saturated carbocycles. The first-order valence-corrected chi connectivity index (χ1v) is 8.88. The number of amides is 1. The van der Waals surface area contributed by atoms with Gasteiger partial charge >= 0.3 is 0 Å². The summed E-state index contributed by atoms with van der Waals surface area (Å²) in [5.74, 6) is -0.342. The Hall–Kier alpha value is -4.26. The number of aromatic amines is 1. The van der Waals surface area contributed by atoms with Gasteiger partial charge in [-0.05, 0) is 35.9 Å². The Balaban J connectivity index is 1.56. The van der Waals surface area contributed by atoms with Crippen molar-refractivity contribution < 1.29 is 9.72 Å². The van der Waals surface area contributed by atoms with Crippen LogP contribution < -0.4 is 5.32 Å². The van der Waals surface area contributed by atoms with E-state index in [1.165, 1.54) is 24.3 Å². The zero-order chi connectivity index (χ0) is 20.2. The minimum atomic E-state index is -0.499. The highest BCUT2D eigenvalue weighted by molar-refractivity contribution is 6.05. The van der Waals surface area contributed by atoms with Gasteiger partial charge in [-0.15, -0.1) is 0 Å². The highest BCUT2D eigenvalue weighted by Gasteiger charge is 2.11. The van der Waals surface area contributed by atoms with Crippen molar-refractivity contribution in [3.05, 3.63) is 99.7 Å². The summed E-state index contributed by atoms with van der Waals surface area (Å²) in [7, 11) is 0. The molecule has 0 atom stereocenters. The van der Waals surface area contributed by atoms with Crippen LogP contribution in [0.15, 0.2) is 72.8 Å². The molecular weight excluding hydrogens is 368 g/mol. The average Bonchev–Trinajstić information content (AvgIpc) is 3.16. The van der Waals surface area contributed by atoms with Crippen molar-refractivity contribution in [1.82, 2.24) is 10.2 Å². The molecule has 0 unspecified atom stereocenters. The van der Waals surface area contributed by atoms with Crippen molar-refractivity contribution >= 4 is 40.3 Å². The lowest BCUT2D eigenvalue weighted by atomic mass is 10.1. The van der Waals surface area contributed by atoms with Crippen LogP contribution in [0.1, 0.15) is 21.6 Å². The van der Waals surface area contributed by atoms with Crippen molar-refractivity contribution in [1.29, 1.82) is 0 Å². The Kier molecular flexibility index (Phi) is 4.86. The van der Waals surface area contributed by atoms with Crippen LogP contribution >= 0.6 is 0 Å². The van der Waals surface area contributed by atoms with Gasteiger partial charge in [0.05, 0.1) is 16.1 Å². The number of nitrogens with zero attached hydrogens (tertiary/aromatic N) is 2. The maximum absolute atomic E-state index is 12.5. The van der Waals surface area contributed by atoms with Gasteiger partial charge < -0.3 is 5.32 Å². The second-order valence-electron chi connectivity index (χ2n) is 6.33. The van der Waals surface area contributed by atoms with Crippen molar-refractivity contribution in [2.75, 3.05) is 5.32 Å². The highest BCUT2D eigenvalue weighted by atomic mass is 16.6.